The summed E-state index contributed by atoms with van der Waals surface area (Å²) in [4.78, 5) is 0. The molecule has 0 fully saturated rings. The second kappa shape index (κ2) is 8.60. The van der Waals surface area contributed by atoms with Crippen molar-refractivity contribution in [1.82, 2.24) is 0 Å². The Morgan fingerprint density at radius 3 is 1.96 bits per heavy atom. The van der Waals surface area contributed by atoms with E-state index in [4.69, 9.17) is 0 Å². The highest BCUT2D eigenvalue weighted by molar-refractivity contribution is 6.51. The molecule has 135 valence electrons. The third-order valence-electron chi connectivity index (χ3n) is 4.35. The van der Waals surface area contributed by atoms with Gasteiger partial charge in [0, 0.05) is 16.7 Å². The molecule has 0 saturated heterocycles. The van der Waals surface area contributed by atoms with Crippen molar-refractivity contribution in [1.29, 1.82) is 0 Å². The number of rotatable bonds is 1. The van der Waals surface area contributed by atoms with Crippen molar-refractivity contribution < 1.29 is 8.78 Å². The fraction of sp³-hybridized carbons (Fsp3) is 0.120. The predicted molar refractivity (Wildman–Crippen MR) is 112 cm³/mol. The Bertz CT molecular complexity index is 1110. The Balaban J connectivity index is 1.88. The van der Waals surface area contributed by atoms with Crippen LogP contribution < -0.4 is 5.46 Å². The Morgan fingerprint density at radius 2 is 1.36 bits per heavy atom. The van der Waals surface area contributed by atoms with Gasteiger partial charge in [0.25, 0.3) is 0 Å². The second-order valence-electron chi connectivity index (χ2n) is 6.54. The molecule has 0 heterocycles. The lowest BCUT2D eigenvalue weighted by atomic mass is 9.72. The number of benzene rings is 3. The van der Waals surface area contributed by atoms with Crippen molar-refractivity contribution in [3.8, 4) is 23.7 Å². The average Bonchev–Trinajstić information content (AvgIpc) is 2.67. The van der Waals surface area contributed by atoms with Crippen molar-refractivity contribution in [3.05, 3.63) is 99.6 Å². The zero-order valence-corrected chi connectivity index (χ0v) is 16.0. The summed E-state index contributed by atoms with van der Waals surface area (Å²) in [6.45, 7) is 5.89. The van der Waals surface area contributed by atoms with Crippen LogP contribution in [0.2, 0.25) is 6.82 Å². The van der Waals surface area contributed by atoms with Crippen LogP contribution in [0.1, 0.15) is 33.4 Å². The highest BCUT2D eigenvalue weighted by Gasteiger charge is 2.08. The molecule has 3 rings (SSSR count). The van der Waals surface area contributed by atoms with Crippen molar-refractivity contribution in [3.63, 3.8) is 0 Å². The molecule has 0 N–H and O–H groups in total. The van der Waals surface area contributed by atoms with Crippen molar-refractivity contribution in [2.75, 3.05) is 0 Å². The molecular formula is C25H18BF2. The maximum atomic E-state index is 14.4. The minimum Gasteiger partial charge on any atom is -0.205 e. The molecule has 0 unspecified atom stereocenters. The normalized spacial score (nSPS) is 9.75. The van der Waals surface area contributed by atoms with Gasteiger partial charge in [-0.05, 0) is 49.7 Å². The van der Waals surface area contributed by atoms with E-state index in [2.05, 4.69) is 23.7 Å². The first-order valence-corrected chi connectivity index (χ1v) is 8.96. The topological polar surface area (TPSA) is 0 Å². The van der Waals surface area contributed by atoms with Crippen LogP contribution in [0.25, 0.3) is 0 Å². The lowest BCUT2D eigenvalue weighted by molar-refractivity contribution is 0.577. The van der Waals surface area contributed by atoms with Gasteiger partial charge >= 0.3 is 0 Å². The molecule has 3 aromatic rings. The molecular weight excluding hydrogens is 349 g/mol. The van der Waals surface area contributed by atoms with E-state index in [1.165, 1.54) is 12.1 Å². The largest absolute Gasteiger partial charge is 0.205 e. The number of hydrogen-bond acceptors (Lipinski definition) is 0. The lowest BCUT2D eigenvalue weighted by Gasteiger charge is -2.02. The summed E-state index contributed by atoms with van der Waals surface area (Å²) in [7, 11) is 2.01. The van der Waals surface area contributed by atoms with Crippen molar-refractivity contribution in [2.24, 2.45) is 0 Å². The van der Waals surface area contributed by atoms with E-state index in [0.717, 1.165) is 22.2 Å². The first-order valence-electron chi connectivity index (χ1n) is 8.96. The predicted octanol–water partition coefficient (Wildman–Crippen LogP) is 4.76. The van der Waals surface area contributed by atoms with Gasteiger partial charge in [-0.1, -0.05) is 65.8 Å². The average molecular weight is 367 g/mol. The molecule has 3 heteroatoms. The molecule has 28 heavy (non-hydrogen) atoms. The van der Waals surface area contributed by atoms with Crippen LogP contribution in [0.3, 0.4) is 0 Å². The van der Waals surface area contributed by atoms with Gasteiger partial charge in [0.15, 0.2) is 0 Å². The fourth-order valence-corrected chi connectivity index (χ4v) is 2.68. The third-order valence-corrected chi connectivity index (χ3v) is 4.35. The van der Waals surface area contributed by atoms with Gasteiger partial charge in [-0.25, -0.2) is 8.78 Å². The van der Waals surface area contributed by atoms with Crippen LogP contribution in [-0.4, -0.2) is 7.28 Å². The maximum absolute atomic E-state index is 14.4. The smallest absolute Gasteiger partial charge is 0.148 e. The molecule has 0 spiro atoms. The van der Waals surface area contributed by atoms with Crippen LogP contribution in [0.4, 0.5) is 8.78 Å². The van der Waals surface area contributed by atoms with E-state index >= 15 is 0 Å². The summed E-state index contributed by atoms with van der Waals surface area (Å²) in [5.41, 5.74) is 4.79. The van der Waals surface area contributed by atoms with Crippen LogP contribution in [0.15, 0.2) is 54.6 Å². The number of hydrogen-bond donors (Lipinski definition) is 0. The molecule has 0 nitrogen and oxygen atoms in total. The molecule has 0 aliphatic carbocycles. The first-order chi connectivity index (χ1) is 13.5. The van der Waals surface area contributed by atoms with E-state index in [0.29, 0.717) is 5.56 Å². The van der Waals surface area contributed by atoms with Gasteiger partial charge in [0.05, 0.1) is 5.56 Å². The Labute approximate surface area is 165 Å². The molecule has 0 saturated carbocycles. The van der Waals surface area contributed by atoms with E-state index in [1.807, 2.05) is 70.4 Å². The quantitative estimate of drug-likeness (QED) is 0.430. The monoisotopic (exact) mass is 367 g/mol. The standard InChI is InChI=1S/C25H18BF2/c1-17-4-6-19(7-5-17)9-13-23-24(27)15-20(16-25(23)28)8-10-21-11-12-22(26-3)14-18(21)2/h4-7,11-12,14-16H,1-3H3. The van der Waals surface area contributed by atoms with Crippen molar-refractivity contribution >= 4 is 12.7 Å². The zero-order chi connectivity index (χ0) is 20.1. The molecule has 0 bridgehead atoms. The van der Waals surface area contributed by atoms with Gasteiger partial charge in [-0.3, -0.25) is 0 Å². The maximum Gasteiger partial charge on any atom is 0.148 e. The van der Waals surface area contributed by atoms with E-state index in [-0.39, 0.29) is 11.1 Å². The molecule has 3 aromatic carbocycles. The molecule has 1 radical (unpaired) electrons. The molecule has 0 aliphatic rings. The third kappa shape index (κ3) is 4.70. The van der Waals surface area contributed by atoms with Gasteiger partial charge in [0.2, 0.25) is 0 Å². The van der Waals surface area contributed by atoms with E-state index in [1.54, 1.807) is 0 Å². The Morgan fingerprint density at radius 1 is 0.714 bits per heavy atom. The molecule has 0 aliphatic heterocycles. The van der Waals surface area contributed by atoms with Crippen LogP contribution >= 0.6 is 0 Å². The number of aryl methyl sites for hydroxylation is 2. The zero-order valence-electron chi connectivity index (χ0n) is 16.0. The van der Waals surface area contributed by atoms with Gasteiger partial charge in [-0.15, -0.1) is 0 Å². The summed E-state index contributed by atoms with van der Waals surface area (Å²) >= 11 is 0. The Kier molecular flexibility index (Phi) is 5.98. The summed E-state index contributed by atoms with van der Waals surface area (Å²) in [6.07, 6.45) is 0. The van der Waals surface area contributed by atoms with Gasteiger partial charge in [-0.2, -0.15) is 0 Å². The summed E-state index contributed by atoms with van der Waals surface area (Å²) in [5.74, 6) is 9.79. The highest BCUT2D eigenvalue weighted by atomic mass is 19.1. The highest BCUT2D eigenvalue weighted by Crippen LogP contribution is 2.15. The van der Waals surface area contributed by atoms with Gasteiger partial charge in [0.1, 0.15) is 18.9 Å². The summed E-state index contributed by atoms with van der Waals surface area (Å²) in [6, 6.07) is 15.8. The van der Waals surface area contributed by atoms with Gasteiger partial charge < -0.3 is 0 Å². The minimum absolute atomic E-state index is 0.245. The SMILES string of the molecule is C[B]c1ccc(C#Cc2cc(F)c(C#Cc3ccc(C)cc3)c(F)c2)c(C)c1. The molecule has 0 aromatic heterocycles. The lowest BCUT2D eigenvalue weighted by Crippen LogP contribution is -2.10. The van der Waals surface area contributed by atoms with E-state index < -0.39 is 11.6 Å². The summed E-state index contributed by atoms with van der Waals surface area (Å²) in [5, 5.41) is 0. The molecule has 0 atom stereocenters. The Hall–Kier alpha value is -3.30. The van der Waals surface area contributed by atoms with Crippen molar-refractivity contribution in [2.45, 2.75) is 20.7 Å². The van der Waals surface area contributed by atoms with Crippen LogP contribution in [0.5, 0.6) is 0 Å². The second-order valence-corrected chi connectivity index (χ2v) is 6.54. The molecule has 0 amide bonds. The van der Waals surface area contributed by atoms with Crippen LogP contribution in [-0.2, 0) is 0 Å². The number of halogens is 2. The summed E-state index contributed by atoms with van der Waals surface area (Å²) < 4.78 is 28.7. The first kappa shape index (κ1) is 19.5. The van der Waals surface area contributed by atoms with E-state index in [9.17, 15) is 8.78 Å². The fourth-order valence-electron chi connectivity index (χ4n) is 2.68. The minimum atomic E-state index is -0.712. The van der Waals surface area contributed by atoms with Crippen LogP contribution in [0, 0.1) is 49.2 Å².